The lowest BCUT2D eigenvalue weighted by Crippen LogP contribution is -2.05. The van der Waals surface area contributed by atoms with Gasteiger partial charge in [0.05, 0.1) is 17.9 Å². The standard InChI is InChI=1S/C22H23ClN6O/c1-14(13-30)2-9-20-26-27-22-21(16-10-24-29(11-16)18-7-8-18)25-19(12-28(20)22)15-3-5-17(23)6-4-15/h3-6,10-12,14,18,30H,2,7-9,13H2,1H3/t14-/m1/s1. The van der Waals surface area contributed by atoms with E-state index in [4.69, 9.17) is 16.6 Å². The summed E-state index contributed by atoms with van der Waals surface area (Å²) in [4.78, 5) is 4.93. The fourth-order valence-electron chi connectivity index (χ4n) is 3.53. The minimum absolute atomic E-state index is 0.167. The quantitative estimate of drug-likeness (QED) is 0.482. The van der Waals surface area contributed by atoms with Crippen LogP contribution in [0.4, 0.5) is 0 Å². The van der Waals surface area contributed by atoms with Gasteiger partial charge in [-0.1, -0.05) is 30.7 Å². The van der Waals surface area contributed by atoms with Crippen LogP contribution in [0.2, 0.25) is 5.02 Å². The van der Waals surface area contributed by atoms with Crippen molar-refractivity contribution in [2.75, 3.05) is 6.61 Å². The van der Waals surface area contributed by atoms with Gasteiger partial charge in [-0.25, -0.2) is 4.98 Å². The molecule has 3 aromatic heterocycles. The number of aliphatic hydroxyl groups excluding tert-OH is 1. The molecule has 154 valence electrons. The zero-order valence-electron chi connectivity index (χ0n) is 16.7. The van der Waals surface area contributed by atoms with E-state index in [0.29, 0.717) is 11.1 Å². The molecule has 1 saturated carbocycles. The summed E-state index contributed by atoms with van der Waals surface area (Å²) < 4.78 is 4.04. The van der Waals surface area contributed by atoms with Crippen molar-refractivity contribution >= 4 is 17.2 Å². The number of aryl methyl sites for hydroxylation is 1. The van der Waals surface area contributed by atoms with Crippen molar-refractivity contribution in [3.8, 4) is 22.5 Å². The molecule has 3 heterocycles. The molecule has 30 heavy (non-hydrogen) atoms. The second-order valence-corrected chi connectivity index (χ2v) is 8.49. The Morgan fingerprint density at radius 1 is 1.13 bits per heavy atom. The second-order valence-electron chi connectivity index (χ2n) is 8.06. The van der Waals surface area contributed by atoms with Crippen molar-refractivity contribution in [2.24, 2.45) is 5.92 Å². The Morgan fingerprint density at radius 3 is 2.67 bits per heavy atom. The Kier molecular flexibility index (Phi) is 5.00. The van der Waals surface area contributed by atoms with Crippen LogP contribution >= 0.6 is 11.6 Å². The first-order valence-corrected chi connectivity index (χ1v) is 10.7. The third-order valence-corrected chi connectivity index (χ3v) is 5.82. The minimum atomic E-state index is 0.167. The Morgan fingerprint density at radius 2 is 1.93 bits per heavy atom. The highest BCUT2D eigenvalue weighted by molar-refractivity contribution is 6.30. The molecule has 0 bridgehead atoms. The highest BCUT2D eigenvalue weighted by Gasteiger charge is 2.25. The molecule has 1 aromatic carbocycles. The van der Waals surface area contributed by atoms with E-state index < -0.39 is 0 Å². The van der Waals surface area contributed by atoms with Crippen molar-refractivity contribution in [1.29, 1.82) is 0 Å². The summed E-state index contributed by atoms with van der Waals surface area (Å²) in [7, 11) is 0. The van der Waals surface area contributed by atoms with Crippen molar-refractivity contribution in [2.45, 2.75) is 38.6 Å². The highest BCUT2D eigenvalue weighted by Crippen LogP contribution is 2.35. The number of aliphatic hydroxyl groups is 1. The molecule has 1 aliphatic carbocycles. The van der Waals surface area contributed by atoms with Crippen LogP contribution < -0.4 is 0 Å². The molecule has 1 N–H and O–H groups in total. The van der Waals surface area contributed by atoms with Crippen LogP contribution in [-0.2, 0) is 6.42 Å². The molecular formula is C22H23ClN6O. The Balaban J connectivity index is 1.62. The van der Waals surface area contributed by atoms with Gasteiger partial charge in [0.25, 0.3) is 0 Å². The molecule has 1 atom stereocenters. The molecule has 1 fully saturated rings. The van der Waals surface area contributed by atoms with E-state index in [-0.39, 0.29) is 12.5 Å². The number of fused-ring (bicyclic) bond motifs is 1. The average Bonchev–Trinajstić information content (AvgIpc) is 3.35. The second kappa shape index (κ2) is 7.81. The minimum Gasteiger partial charge on any atom is -0.396 e. The maximum absolute atomic E-state index is 9.36. The first-order chi connectivity index (χ1) is 14.6. The predicted molar refractivity (Wildman–Crippen MR) is 115 cm³/mol. The van der Waals surface area contributed by atoms with Crippen LogP contribution in [-0.4, -0.2) is 41.1 Å². The molecule has 0 saturated heterocycles. The predicted octanol–water partition coefficient (Wildman–Crippen LogP) is 4.20. The summed E-state index contributed by atoms with van der Waals surface area (Å²) in [5.74, 6) is 1.07. The normalized spacial score (nSPS) is 15.0. The largest absolute Gasteiger partial charge is 0.396 e. The third kappa shape index (κ3) is 3.70. The van der Waals surface area contributed by atoms with Gasteiger partial charge < -0.3 is 5.11 Å². The third-order valence-electron chi connectivity index (χ3n) is 5.57. The molecule has 0 amide bonds. The van der Waals surface area contributed by atoms with Crippen LogP contribution in [0.5, 0.6) is 0 Å². The smallest absolute Gasteiger partial charge is 0.187 e. The van der Waals surface area contributed by atoms with Gasteiger partial charge in [-0.15, -0.1) is 10.2 Å². The van der Waals surface area contributed by atoms with Crippen LogP contribution in [0.25, 0.3) is 28.2 Å². The van der Waals surface area contributed by atoms with Gasteiger partial charge in [0, 0.05) is 41.6 Å². The molecule has 8 heteroatoms. The average molecular weight is 423 g/mol. The van der Waals surface area contributed by atoms with E-state index in [2.05, 4.69) is 15.3 Å². The highest BCUT2D eigenvalue weighted by atomic mass is 35.5. The topological polar surface area (TPSA) is 81.1 Å². The number of hydrogen-bond donors (Lipinski definition) is 1. The molecule has 5 rings (SSSR count). The molecule has 0 unspecified atom stereocenters. The molecule has 0 radical (unpaired) electrons. The fraction of sp³-hybridized carbons (Fsp3) is 0.364. The van der Waals surface area contributed by atoms with E-state index in [9.17, 15) is 5.11 Å². The summed E-state index contributed by atoms with van der Waals surface area (Å²) in [5.41, 5.74) is 4.22. The molecule has 0 spiro atoms. The number of halogens is 1. The van der Waals surface area contributed by atoms with Crippen LogP contribution in [0, 0.1) is 5.92 Å². The molecule has 1 aliphatic rings. The summed E-state index contributed by atoms with van der Waals surface area (Å²) >= 11 is 6.07. The first kappa shape index (κ1) is 19.2. The monoisotopic (exact) mass is 422 g/mol. The van der Waals surface area contributed by atoms with Crippen molar-refractivity contribution in [1.82, 2.24) is 29.4 Å². The lowest BCUT2D eigenvalue weighted by molar-refractivity contribution is 0.230. The summed E-state index contributed by atoms with van der Waals surface area (Å²) in [6.07, 6.45) is 9.80. The summed E-state index contributed by atoms with van der Waals surface area (Å²) in [6, 6.07) is 8.16. The number of rotatable bonds is 7. The number of aromatic nitrogens is 6. The summed E-state index contributed by atoms with van der Waals surface area (Å²) in [5, 5.41) is 23.5. The lowest BCUT2D eigenvalue weighted by atomic mass is 10.1. The van der Waals surface area contributed by atoms with Crippen molar-refractivity contribution < 1.29 is 5.11 Å². The Hall–Kier alpha value is -2.77. The molecule has 0 aliphatic heterocycles. The molecular weight excluding hydrogens is 400 g/mol. The van der Waals surface area contributed by atoms with E-state index in [0.717, 1.165) is 46.8 Å². The molecule has 4 aromatic rings. The van der Waals surface area contributed by atoms with Crippen LogP contribution in [0.1, 0.15) is 38.1 Å². The van der Waals surface area contributed by atoms with Gasteiger partial charge in [-0.3, -0.25) is 9.08 Å². The molecule has 7 nitrogen and oxygen atoms in total. The fourth-order valence-corrected chi connectivity index (χ4v) is 3.66. The first-order valence-electron chi connectivity index (χ1n) is 10.3. The van der Waals surface area contributed by atoms with Crippen LogP contribution in [0.3, 0.4) is 0 Å². The SMILES string of the molecule is C[C@@H](CO)CCc1nnc2c(-c3cnn(C4CC4)c3)nc(-c3ccc(Cl)cc3)cn12. The van der Waals surface area contributed by atoms with Gasteiger partial charge in [0.2, 0.25) is 0 Å². The van der Waals surface area contributed by atoms with E-state index in [1.807, 2.05) is 58.9 Å². The van der Waals surface area contributed by atoms with Gasteiger partial charge in [-0.2, -0.15) is 5.10 Å². The maximum atomic E-state index is 9.36. The van der Waals surface area contributed by atoms with E-state index >= 15 is 0 Å². The maximum Gasteiger partial charge on any atom is 0.187 e. The lowest BCUT2D eigenvalue weighted by Gasteiger charge is -2.09. The van der Waals surface area contributed by atoms with Crippen molar-refractivity contribution in [3.05, 3.63) is 53.7 Å². The van der Waals surface area contributed by atoms with Crippen molar-refractivity contribution in [3.63, 3.8) is 0 Å². The summed E-state index contributed by atoms with van der Waals surface area (Å²) in [6.45, 7) is 2.20. The van der Waals surface area contributed by atoms with Gasteiger partial charge >= 0.3 is 0 Å². The van der Waals surface area contributed by atoms with Crippen LogP contribution in [0.15, 0.2) is 42.9 Å². The number of hydrogen-bond acceptors (Lipinski definition) is 5. The number of benzene rings is 1. The van der Waals surface area contributed by atoms with Gasteiger partial charge in [0.1, 0.15) is 11.5 Å². The van der Waals surface area contributed by atoms with Gasteiger partial charge in [-0.05, 0) is 37.3 Å². The van der Waals surface area contributed by atoms with E-state index in [1.165, 1.54) is 12.8 Å². The Bertz CT molecular complexity index is 1180. The van der Waals surface area contributed by atoms with Gasteiger partial charge in [0.15, 0.2) is 5.65 Å². The van der Waals surface area contributed by atoms with E-state index in [1.54, 1.807) is 0 Å². The number of nitrogens with zero attached hydrogens (tertiary/aromatic N) is 6. The zero-order chi connectivity index (χ0) is 20.7. The Labute approximate surface area is 179 Å². The zero-order valence-corrected chi connectivity index (χ0v) is 17.5.